The van der Waals surface area contributed by atoms with Crippen molar-refractivity contribution in [2.45, 2.75) is 20.4 Å². The molecule has 4 nitrogen and oxygen atoms in total. The van der Waals surface area contributed by atoms with E-state index in [1.807, 2.05) is 37.7 Å². The van der Waals surface area contributed by atoms with Gasteiger partial charge in [-0.2, -0.15) is 5.10 Å². The molecule has 2 aromatic heterocycles. The number of hydrogen-bond acceptors (Lipinski definition) is 3. The van der Waals surface area contributed by atoms with Gasteiger partial charge in [-0.1, -0.05) is 11.6 Å². The lowest BCUT2D eigenvalue weighted by molar-refractivity contribution is 0.779. The van der Waals surface area contributed by atoms with Gasteiger partial charge in [0.05, 0.1) is 27.8 Å². The van der Waals surface area contributed by atoms with E-state index in [-0.39, 0.29) is 0 Å². The molecule has 0 atom stereocenters. The third kappa shape index (κ3) is 2.33. The molecule has 0 bridgehead atoms. The van der Waals surface area contributed by atoms with E-state index in [1.165, 1.54) is 0 Å². The second kappa shape index (κ2) is 4.85. The molecule has 5 heteroatoms. The second-order valence-electron chi connectivity index (χ2n) is 3.93. The fourth-order valence-electron chi connectivity index (χ4n) is 1.75. The monoisotopic (exact) mass is 250 g/mol. The second-order valence-corrected chi connectivity index (χ2v) is 4.31. The first-order valence-corrected chi connectivity index (χ1v) is 5.83. The third-order valence-electron chi connectivity index (χ3n) is 2.61. The first-order chi connectivity index (χ1) is 8.13. The van der Waals surface area contributed by atoms with Gasteiger partial charge >= 0.3 is 0 Å². The van der Waals surface area contributed by atoms with Crippen LogP contribution in [-0.2, 0) is 6.54 Å². The number of nitrogens with zero attached hydrogens (tertiary/aromatic N) is 3. The predicted octanol–water partition coefficient (Wildman–Crippen LogP) is 2.26. The molecular weight excluding hydrogens is 236 g/mol. The minimum Gasteiger partial charge on any atom is -0.314 e. The highest BCUT2D eigenvalue weighted by molar-refractivity contribution is 6.31. The Labute approximate surface area is 106 Å². The zero-order chi connectivity index (χ0) is 12.4. The molecule has 0 aliphatic heterocycles. The van der Waals surface area contributed by atoms with Crippen LogP contribution in [0.15, 0.2) is 18.3 Å². The van der Waals surface area contributed by atoms with E-state index in [0.29, 0.717) is 0 Å². The van der Waals surface area contributed by atoms with Gasteiger partial charge in [0, 0.05) is 12.7 Å². The Balaban J connectivity index is 2.45. The van der Waals surface area contributed by atoms with E-state index in [2.05, 4.69) is 15.4 Å². The summed E-state index contributed by atoms with van der Waals surface area (Å²) in [6, 6.07) is 3.93. The molecule has 0 spiro atoms. The number of aryl methyl sites for hydroxylation is 1. The molecule has 2 aromatic rings. The largest absolute Gasteiger partial charge is 0.314 e. The fourth-order valence-corrected chi connectivity index (χ4v) is 1.87. The van der Waals surface area contributed by atoms with Crippen LogP contribution in [0.1, 0.15) is 17.1 Å². The Kier molecular flexibility index (Phi) is 3.45. The molecule has 0 amide bonds. The quantitative estimate of drug-likeness (QED) is 0.909. The van der Waals surface area contributed by atoms with Gasteiger partial charge in [-0.3, -0.25) is 4.98 Å². The highest BCUT2D eigenvalue weighted by Gasteiger charge is 2.10. The van der Waals surface area contributed by atoms with Gasteiger partial charge in [0.25, 0.3) is 0 Å². The topological polar surface area (TPSA) is 42.7 Å². The minimum absolute atomic E-state index is 0.719. The highest BCUT2D eigenvalue weighted by atomic mass is 35.5. The molecule has 90 valence electrons. The van der Waals surface area contributed by atoms with Crippen molar-refractivity contribution in [1.29, 1.82) is 0 Å². The van der Waals surface area contributed by atoms with E-state index in [0.717, 1.165) is 34.3 Å². The summed E-state index contributed by atoms with van der Waals surface area (Å²) < 4.78 is 1.85. The number of aromatic nitrogens is 3. The minimum atomic E-state index is 0.719. The molecule has 17 heavy (non-hydrogen) atoms. The summed E-state index contributed by atoms with van der Waals surface area (Å²) in [6.07, 6.45) is 1.78. The smallest absolute Gasteiger partial charge is 0.0848 e. The van der Waals surface area contributed by atoms with Crippen molar-refractivity contribution in [3.63, 3.8) is 0 Å². The van der Waals surface area contributed by atoms with Crippen LogP contribution in [0.25, 0.3) is 5.69 Å². The molecule has 0 fully saturated rings. The molecule has 0 saturated carbocycles. The Morgan fingerprint density at radius 1 is 1.41 bits per heavy atom. The standard InChI is InChI=1S/C12H15ClN4/c1-8-12(13)9(2)17(16-8)11-4-5-15-10(6-11)7-14-3/h4-6,14H,7H2,1-3H3. The lowest BCUT2D eigenvalue weighted by atomic mass is 10.3. The van der Waals surface area contributed by atoms with Gasteiger partial charge in [-0.25, -0.2) is 4.68 Å². The molecule has 0 aliphatic carbocycles. The van der Waals surface area contributed by atoms with Crippen molar-refractivity contribution in [3.05, 3.63) is 40.4 Å². The first kappa shape index (κ1) is 12.1. The van der Waals surface area contributed by atoms with Gasteiger partial charge in [-0.05, 0) is 33.0 Å². The number of nitrogens with one attached hydrogen (secondary N) is 1. The van der Waals surface area contributed by atoms with Crippen molar-refractivity contribution < 1.29 is 0 Å². The maximum atomic E-state index is 6.14. The molecule has 0 saturated heterocycles. The van der Waals surface area contributed by atoms with E-state index in [9.17, 15) is 0 Å². The van der Waals surface area contributed by atoms with E-state index in [1.54, 1.807) is 6.20 Å². The van der Waals surface area contributed by atoms with Crippen LogP contribution in [0, 0.1) is 13.8 Å². The molecular formula is C12H15ClN4. The molecule has 2 rings (SSSR count). The van der Waals surface area contributed by atoms with Crippen molar-refractivity contribution in [2.24, 2.45) is 0 Å². The number of halogens is 1. The molecule has 0 aliphatic rings. The zero-order valence-electron chi connectivity index (χ0n) is 10.2. The van der Waals surface area contributed by atoms with Gasteiger partial charge in [0.2, 0.25) is 0 Å². The normalized spacial score (nSPS) is 10.8. The lowest BCUT2D eigenvalue weighted by Gasteiger charge is -2.06. The van der Waals surface area contributed by atoms with Gasteiger partial charge in [0.1, 0.15) is 0 Å². The van der Waals surface area contributed by atoms with Crippen LogP contribution in [0.2, 0.25) is 5.02 Å². The summed E-state index contributed by atoms with van der Waals surface area (Å²) in [5.74, 6) is 0. The summed E-state index contributed by atoms with van der Waals surface area (Å²) in [7, 11) is 1.90. The van der Waals surface area contributed by atoms with Gasteiger partial charge in [-0.15, -0.1) is 0 Å². The Morgan fingerprint density at radius 2 is 2.18 bits per heavy atom. The summed E-state index contributed by atoms with van der Waals surface area (Å²) in [4.78, 5) is 4.28. The van der Waals surface area contributed by atoms with Crippen LogP contribution >= 0.6 is 11.6 Å². The third-order valence-corrected chi connectivity index (χ3v) is 3.15. The zero-order valence-corrected chi connectivity index (χ0v) is 10.9. The van der Waals surface area contributed by atoms with Crippen molar-refractivity contribution >= 4 is 11.6 Å². The van der Waals surface area contributed by atoms with E-state index >= 15 is 0 Å². The summed E-state index contributed by atoms with van der Waals surface area (Å²) in [5.41, 5.74) is 3.76. The van der Waals surface area contributed by atoms with E-state index in [4.69, 9.17) is 11.6 Å². The number of pyridine rings is 1. The molecule has 0 radical (unpaired) electrons. The highest BCUT2D eigenvalue weighted by Crippen LogP contribution is 2.22. The van der Waals surface area contributed by atoms with E-state index < -0.39 is 0 Å². The van der Waals surface area contributed by atoms with Crippen molar-refractivity contribution in [2.75, 3.05) is 7.05 Å². The average molecular weight is 251 g/mol. The Bertz CT molecular complexity index is 533. The van der Waals surface area contributed by atoms with Crippen LogP contribution in [0.5, 0.6) is 0 Å². The fraction of sp³-hybridized carbons (Fsp3) is 0.333. The van der Waals surface area contributed by atoms with Crippen molar-refractivity contribution in [3.8, 4) is 5.69 Å². The maximum Gasteiger partial charge on any atom is 0.0848 e. The summed E-state index contributed by atoms with van der Waals surface area (Å²) >= 11 is 6.14. The van der Waals surface area contributed by atoms with Gasteiger partial charge in [0.15, 0.2) is 0 Å². The Morgan fingerprint density at radius 3 is 2.76 bits per heavy atom. The number of hydrogen-bond donors (Lipinski definition) is 1. The van der Waals surface area contributed by atoms with Gasteiger partial charge < -0.3 is 5.32 Å². The maximum absolute atomic E-state index is 6.14. The Hall–Kier alpha value is -1.39. The first-order valence-electron chi connectivity index (χ1n) is 5.45. The molecule has 1 N–H and O–H groups in total. The molecule has 0 unspecified atom stereocenters. The lowest BCUT2D eigenvalue weighted by Crippen LogP contribution is -2.08. The van der Waals surface area contributed by atoms with Crippen LogP contribution in [0.3, 0.4) is 0 Å². The van der Waals surface area contributed by atoms with Crippen LogP contribution < -0.4 is 5.32 Å². The van der Waals surface area contributed by atoms with Crippen LogP contribution in [0.4, 0.5) is 0 Å². The summed E-state index contributed by atoms with van der Waals surface area (Å²) in [5, 5.41) is 8.21. The number of rotatable bonds is 3. The SMILES string of the molecule is CNCc1cc(-n2nc(C)c(Cl)c2C)ccn1. The molecule has 0 aromatic carbocycles. The van der Waals surface area contributed by atoms with Crippen molar-refractivity contribution in [1.82, 2.24) is 20.1 Å². The van der Waals surface area contributed by atoms with Crippen LogP contribution in [-0.4, -0.2) is 21.8 Å². The predicted molar refractivity (Wildman–Crippen MR) is 68.6 cm³/mol. The molecule has 2 heterocycles. The average Bonchev–Trinajstić information content (AvgIpc) is 2.58. The summed E-state index contributed by atoms with van der Waals surface area (Å²) in [6.45, 7) is 4.60.